The quantitative estimate of drug-likeness (QED) is 0.888. The molecule has 1 aromatic rings. The average Bonchev–Trinajstić information content (AvgIpc) is 2.62. The van der Waals surface area contributed by atoms with Gasteiger partial charge in [0.05, 0.1) is 13.2 Å². The highest BCUT2D eigenvalue weighted by atomic mass is 16.5. The van der Waals surface area contributed by atoms with E-state index in [1.165, 1.54) is 0 Å². The second-order valence-corrected chi connectivity index (χ2v) is 7.49. The van der Waals surface area contributed by atoms with Gasteiger partial charge in [-0.3, -0.25) is 14.7 Å². The number of aromatic nitrogens is 1. The van der Waals surface area contributed by atoms with Crippen molar-refractivity contribution in [3.63, 3.8) is 0 Å². The van der Waals surface area contributed by atoms with E-state index < -0.39 is 0 Å². The van der Waals surface area contributed by atoms with Gasteiger partial charge in [-0.2, -0.15) is 0 Å². The third-order valence-corrected chi connectivity index (χ3v) is 5.61. The van der Waals surface area contributed by atoms with Crippen LogP contribution in [0.5, 0.6) is 0 Å². The summed E-state index contributed by atoms with van der Waals surface area (Å²) in [6.45, 7) is 10.2. The minimum atomic E-state index is -0.0657. The molecule has 2 aliphatic rings. The molecule has 0 spiro atoms. The van der Waals surface area contributed by atoms with Gasteiger partial charge in [0.15, 0.2) is 0 Å². The molecule has 3 rings (SSSR count). The second kappa shape index (κ2) is 7.81. The standard InChI is InChI=1S/C19H30N4O2/c1-15-12-16(2)17(20-13-15)18(24)21-14-19(4-6-22(3)7-5-19)23-8-10-25-11-9-23/h12-13H,4-11,14H2,1-3H3,(H,21,24). The highest BCUT2D eigenvalue weighted by molar-refractivity contribution is 5.93. The van der Waals surface area contributed by atoms with E-state index in [0.717, 1.165) is 63.4 Å². The molecule has 0 radical (unpaired) electrons. The molecule has 0 bridgehead atoms. The van der Waals surface area contributed by atoms with Crippen LogP contribution in [0, 0.1) is 13.8 Å². The van der Waals surface area contributed by atoms with Crippen LogP contribution in [0.25, 0.3) is 0 Å². The Hall–Kier alpha value is -1.50. The predicted molar refractivity (Wildman–Crippen MR) is 97.9 cm³/mol. The van der Waals surface area contributed by atoms with Crippen LogP contribution in [0.4, 0.5) is 0 Å². The minimum absolute atomic E-state index is 0.0323. The molecular weight excluding hydrogens is 316 g/mol. The second-order valence-electron chi connectivity index (χ2n) is 7.49. The van der Waals surface area contributed by atoms with Gasteiger partial charge in [0.25, 0.3) is 5.91 Å². The molecule has 1 N–H and O–H groups in total. The van der Waals surface area contributed by atoms with Gasteiger partial charge in [0, 0.05) is 31.4 Å². The van der Waals surface area contributed by atoms with E-state index in [2.05, 4.69) is 27.1 Å². The van der Waals surface area contributed by atoms with E-state index >= 15 is 0 Å². The van der Waals surface area contributed by atoms with Gasteiger partial charge in [-0.05, 0) is 58.0 Å². The molecule has 2 aliphatic heterocycles. The highest BCUT2D eigenvalue weighted by Crippen LogP contribution is 2.29. The number of piperidine rings is 1. The van der Waals surface area contributed by atoms with E-state index in [4.69, 9.17) is 4.74 Å². The van der Waals surface area contributed by atoms with Crippen molar-refractivity contribution in [3.8, 4) is 0 Å². The van der Waals surface area contributed by atoms with Gasteiger partial charge in [-0.1, -0.05) is 6.07 Å². The summed E-state index contributed by atoms with van der Waals surface area (Å²) >= 11 is 0. The third kappa shape index (κ3) is 4.19. The van der Waals surface area contributed by atoms with Crippen molar-refractivity contribution < 1.29 is 9.53 Å². The molecule has 1 amide bonds. The van der Waals surface area contributed by atoms with Crippen molar-refractivity contribution in [1.82, 2.24) is 20.1 Å². The number of nitrogens with one attached hydrogen (secondary N) is 1. The molecule has 0 unspecified atom stereocenters. The van der Waals surface area contributed by atoms with E-state index in [1.807, 2.05) is 19.9 Å². The lowest BCUT2D eigenvalue weighted by Gasteiger charge is -2.49. The summed E-state index contributed by atoms with van der Waals surface area (Å²) in [5, 5.41) is 3.18. The first-order valence-corrected chi connectivity index (χ1v) is 9.23. The molecule has 138 valence electrons. The number of aryl methyl sites for hydroxylation is 2. The van der Waals surface area contributed by atoms with Crippen molar-refractivity contribution in [2.75, 3.05) is 53.0 Å². The summed E-state index contributed by atoms with van der Waals surface area (Å²) in [4.78, 5) is 21.9. The fourth-order valence-electron chi connectivity index (χ4n) is 3.96. The Labute approximate surface area is 150 Å². The third-order valence-electron chi connectivity index (χ3n) is 5.61. The molecule has 25 heavy (non-hydrogen) atoms. The average molecular weight is 346 g/mol. The van der Waals surface area contributed by atoms with Gasteiger partial charge >= 0.3 is 0 Å². The molecule has 0 atom stereocenters. The van der Waals surface area contributed by atoms with E-state index in [-0.39, 0.29) is 11.4 Å². The Kier molecular flexibility index (Phi) is 5.71. The first kappa shape index (κ1) is 18.3. The summed E-state index contributed by atoms with van der Waals surface area (Å²) < 4.78 is 5.53. The molecule has 0 aromatic carbocycles. The Morgan fingerprint density at radius 2 is 1.92 bits per heavy atom. The maximum absolute atomic E-state index is 12.7. The molecule has 3 heterocycles. The Bertz CT molecular complexity index is 605. The van der Waals surface area contributed by atoms with Gasteiger partial charge in [-0.25, -0.2) is 0 Å². The summed E-state index contributed by atoms with van der Waals surface area (Å²) in [5.74, 6) is -0.0657. The first-order valence-electron chi connectivity index (χ1n) is 9.23. The first-order chi connectivity index (χ1) is 12.0. The van der Waals surface area contributed by atoms with E-state index in [1.54, 1.807) is 6.20 Å². The zero-order chi connectivity index (χ0) is 17.9. The number of nitrogens with zero attached hydrogens (tertiary/aromatic N) is 3. The Morgan fingerprint density at radius 3 is 2.56 bits per heavy atom. The molecule has 1 aromatic heterocycles. The number of likely N-dealkylation sites (tertiary alicyclic amines) is 1. The molecule has 0 aliphatic carbocycles. The summed E-state index contributed by atoms with van der Waals surface area (Å²) in [6.07, 6.45) is 3.91. The number of morpholine rings is 1. The van der Waals surface area contributed by atoms with Crippen LogP contribution in [0.15, 0.2) is 12.3 Å². The predicted octanol–water partition coefficient (Wildman–Crippen LogP) is 1.22. The number of rotatable bonds is 4. The smallest absolute Gasteiger partial charge is 0.270 e. The normalized spacial score (nSPS) is 21.9. The number of hydrogen-bond acceptors (Lipinski definition) is 5. The monoisotopic (exact) mass is 346 g/mol. The largest absolute Gasteiger partial charge is 0.379 e. The Morgan fingerprint density at radius 1 is 1.24 bits per heavy atom. The van der Waals surface area contributed by atoms with Crippen LogP contribution in [0.2, 0.25) is 0 Å². The number of hydrogen-bond donors (Lipinski definition) is 1. The van der Waals surface area contributed by atoms with Crippen LogP contribution in [-0.4, -0.2) is 79.2 Å². The number of pyridine rings is 1. The molecular formula is C19H30N4O2. The summed E-state index contributed by atoms with van der Waals surface area (Å²) in [7, 11) is 2.17. The maximum atomic E-state index is 12.7. The van der Waals surface area contributed by atoms with Gasteiger partial charge in [0.1, 0.15) is 5.69 Å². The van der Waals surface area contributed by atoms with Gasteiger partial charge in [0.2, 0.25) is 0 Å². The Balaban J connectivity index is 1.70. The SMILES string of the molecule is Cc1cnc(C(=O)NCC2(N3CCOCC3)CCN(C)CC2)c(C)c1. The molecule has 0 saturated carbocycles. The van der Waals surface area contributed by atoms with Crippen LogP contribution in [0.1, 0.15) is 34.5 Å². The van der Waals surface area contributed by atoms with Gasteiger partial charge < -0.3 is 15.0 Å². The van der Waals surface area contributed by atoms with E-state index in [0.29, 0.717) is 12.2 Å². The minimum Gasteiger partial charge on any atom is -0.379 e. The summed E-state index contributed by atoms with van der Waals surface area (Å²) in [6, 6.07) is 2.01. The molecule has 2 fully saturated rings. The zero-order valence-electron chi connectivity index (χ0n) is 15.7. The van der Waals surface area contributed by atoms with Crippen LogP contribution < -0.4 is 5.32 Å². The summed E-state index contributed by atoms with van der Waals surface area (Å²) in [5.41, 5.74) is 2.58. The number of ether oxygens (including phenoxy) is 1. The van der Waals surface area contributed by atoms with Crippen molar-refractivity contribution in [2.45, 2.75) is 32.2 Å². The lowest BCUT2D eigenvalue weighted by molar-refractivity contribution is -0.0439. The topological polar surface area (TPSA) is 57.7 Å². The maximum Gasteiger partial charge on any atom is 0.270 e. The van der Waals surface area contributed by atoms with Crippen LogP contribution >= 0.6 is 0 Å². The highest BCUT2D eigenvalue weighted by Gasteiger charge is 2.40. The molecule has 6 nitrogen and oxygen atoms in total. The van der Waals surface area contributed by atoms with Crippen molar-refractivity contribution in [2.24, 2.45) is 0 Å². The van der Waals surface area contributed by atoms with Gasteiger partial charge in [-0.15, -0.1) is 0 Å². The fourth-order valence-corrected chi connectivity index (χ4v) is 3.96. The van der Waals surface area contributed by atoms with Crippen molar-refractivity contribution >= 4 is 5.91 Å². The van der Waals surface area contributed by atoms with Crippen LogP contribution in [0.3, 0.4) is 0 Å². The van der Waals surface area contributed by atoms with Crippen LogP contribution in [-0.2, 0) is 4.74 Å². The van der Waals surface area contributed by atoms with Crippen molar-refractivity contribution in [1.29, 1.82) is 0 Å². The number of amides is 1. The number of carbonyl (C=O) groups excluding carboxylic acids is 1. The number of carbonyl (C=O) groups is 1. The molecule has 2 saturated heterocycles. The lowest BCUT2D eigenvalue weighted by Crippen LogP contribution is -2.62. The molecule has 6 heteroatoms. The fraction of sp³-hybridized carbons (Fsp3) is 0.684. The lowest BCUT2D eigenvalue weighted by atomic mass is 9.85. The zero-order valence-corrected chi connectivity index (χ0v) is 15.7. The van der Waals surface area contributed by atoms with E-state index in [9.17, 15) is 4.79 Å². The van der Waals surface area contributed by atoms with Crippen molar-refractivity contribution in [3.05, 3.63) is 29.1 Å².